The van der Waals surface area contributed by atoms with Gasteiger partial charge < -0.3 is 0 Å². The molecule has 0 atom stereocenters. The van der Waals surface area contributed by atoms with Gasteiger partial charge in [0.1, 0.15) is 0 Å². The van der Waals surface area contributed by atoms with Crippen molar-refractivity contribution in [3.8, 4) is 0 Å². The molecule has 4 aromatic rings. The van der Waals surface area contributed by atoms with Gasteiger partial charge in [0.15, 0.2) is 8.07 Å². The minimum Gasteiger partial charge on any atom is -0.0802 e. The highest BCUT2D eigenvalue weighted by Gasteiger charge is 2.44. The molecule has 0 amide bonds. The maximum absolute atomic E-state index is 2.45. The summed E-state index contributed by atoms with van der Waals surface area (Å²) in [5, 5.41) is 5.91. The molecule has 0 aromatic heterocycles. The van der Waals surface area contributed by atoms with E-state index in [1.807, 2.05) is 0 Å². The van der Waals surface area contributed by atoms with Crippen molar-refractivity contribution in [2.24, 2.45) is 0 Å². The van der Waals surface area contributed by atoms with Gasteiger partial charge in [-0.2, -0.15) is 0 Å². The van der Waals surface area contributed by atoms with Crippen molar-refractivity contribution in [1.82, 2.24) is 0 Å². The lowest BCUT2D eigenvalue weighted by Gasteiger charge is -2.36. The van der Waals surface area contributed by atoms with Crippen molar-refractivity contribution in [2.45, 2.75) is 13.3 Å². The molecule has 0 aliphatic heterocycles. The molecular weight excluding hydrogens is 388 g/mol. The Labute approximate surface area is 186 Å². The van der Waals surface area contributed by atoms with Gasteiger partial charge in [0, 0.05) is 0 Å². The third kappa shape index (κ3) is 3.41. The van der Waals surface area contributed by atoms with E-state index in [9.17, 15) is 0 Å². The highest BCUT2D eigenvalue weighted by atomic mass is 28.3. The first-order valence-corrected chi connectivity index (χ1v) is 12.9. The minimum absolute atomic E-state index is 0.994. The molecule has 4 aromatic carbocycles. The van der Waals surface area contributed by atoms with Crippen LogP contribution in [0.2, 0.25) is 0 Å². The van der Waals surface area contributed by atoms with Crippen molar-refractivity contribution in [3.63, 3.8) is 0 Å². The Bertz CT molecular complexity index is 1200. The SMILES string of the molecule is Cc1cccc([Si](C2=C(c3ccccc3)C=CC2)(c2ccccc2)c2ccccc2)c1. The largest absolute Gasteiger partial charge is 0.176 e. The number of allylic oxidation sites excluding steroid dienone is 4. The molecule has 0 bridgehead atoms. The van der Waals surface area contributed by atoms with Crippen molar-refractivity contribution in [1.29, 1.82) is 0 Å². The van der Waals surface area contributed by atoms with Crippen LogP contribution in [0.15, 0.2) is 133 Å². The van der Waals surface area contributed by atoms with Gasteiger partial charge in [-0.3, -0.25) is 0 Å². The minimum atomic E-state index is -2.45. The fraction of sp³-hybridized carbons (Fsp3) is 0.0667. The molecule has 0 unspecified atom stereocenters. The summed E-state index contributed by atoms with van der Waals surface area (Å²) < 4.78 is 0. The van der Waals surface area contributed by atoms with E-state index in [0.717, 1.165) is 6.42 Å². The highest BCUT2D eigenvalue weighted by Crippen LogP contribution is 2.34. The molecule has 5 rings (SSSR count). The van der Waals surface area contributed by atoms with Crippen LogP contribution in [0, 0.1) is 6.92 Å². The monoisotopic (exact) mass is 414 g/mol. The standard InChI is InChI=1S/C30H26Si/c1-24-13-11-20-28(23-24)31(26-16-7-3-8-17-26,27-18-9-4-10-19-27)30-22-12-21-29(30)25-14-5-2-6-15-25/h2-21,23H,22H2,1H3. The molecule has 0 heterocycles. The summed E-state index contributed by atoms with van der Waals surface area (Å²) in [6, 6.07) is 42.5. The zero-order chi connectivity index (χ0) is 21.1. The molecule has 1 aliphatic rings. The van der Waals surface area contributed by atoms with Crippen molar-refractivity contribution in [3.05, 3.63) is 144 Å². The van der Waals surface area contributed by atoms with Gasteiger partial charge >= 0.3 is 0 Å². The molecule has 31 heavy (non-hydrogen) atoms. The highest BCUT2D eigenvalue weighted by molar-refractivity contribution is 7.16. The summed E-state index contributed by atoms with van der Waals surface area (Å²) in [5.41, 5.74) is 4.01. The summed E-state index contributed by atoms with van der Waals surface area (Å²) >= 11 is 0. The number of hydrogen-bond donors (Lipinski definition) is 0. The van der Waals surface area contributed by atoms with E-state index in [1.54, 1.807) is 5.20 Å². The Morgan fingerprint density at radius 3 is 1.71 bits per heavy atom. The smallest absolute Gasteiger partial charge is 0.0802 e. The number of hydrogen-bond acceptors (Lipinski definition) is 0. The van der Waals surface area contributed by atoms with Crippen LogP contribution in [0.4, 0.5) is 0 Å². The maximum atomic E-state index is 2.42. The third-order valence-corrected chi connectivity index (χ3v) is 11.3. The lowest BCUT2D eigenvalue weighted by molar-refractivity contribution is 1.37. The van der Waals surface area contributed by atoms with Crippen LogP contribution in [0.3, 0.4) is 0 Å². The topological polar surface area (TPSA) is 0 Å². The van der Waals surface area contributed by atoms with Gasteiger partial charge in [-0.1, -0.05) is 138 Å². The molecule has 0 N–H and O–H groups in total. The molecule has 150 valence electrons. The van der Waals surface area contributed by atoms with Crippen LogP contribution in [0.25, 0.3) is 5.57 Å². The van der Waals surface area contributed by atoms with E-state index in [0.29, 0.717) is 0 Å². The summed E-state index contributed by atoms with van der Waals surface area (Å²) in [6.07, 6.45) is 5.68. The van der Waals surface area contributed by atoms with E-state index in [1.165, 1.54) is 32.3 Å². The summed E-state index contributed by atoms with van der Waals surface area (Å²) in [6.45, 7) is 2.21. The molecule has 1 heteroatoms. The normalized spacial score (nSPS) is 13.6. The number of rotatable bonds is 5. The second-order valence-electron chi connectivity index (χ2n) is 8.22. The second kappa shape index (κ2) is 8.37. The van der Waals surface area contributed by atoms with E-state index < -0.39 is 8.07 Å². The first kappa shape index (κ1) is 19.5. The average molecular weight is 415 g/mol. The maximum Gasteiger partial charge on any atom is 0.176 e. The molecule has 0 spiro atoms. The van der Waals surface area contributed by atoms with Crippen LogP contribution in [-0.2, 0) is 0 Å². The Hall–Kier alpha value is -3.42. The predicted octanol–water partition coefficient (Wildman–Crippen LogP) is 5.42. The van der Waals surface area contributed by atoms with Gasteiger partial charge in [-0.05, 0) is 40.0 Å². The first-order valence-electron chi connectivity index (χ1n) is 10.9. The zero-order valence-corrected chi connectivity index (χ0v) is 18.8. The van der Waals surface area contributed by atoms with Crippen LogP contribution < -0.4 is 15.6 Å². The molecular formula is C30H26Si. The van der Waals surface area contributed by atoms with Crippen molar-refractivity contribution < 1.29 is 0 Å². The zero-order valence-electron chi connectivity index (χ0n) is 17.8. The van der Waals surface area contributed by atoms with Crippen LogP contribution >= 0.6 is 0 Å². The molecule has 0 radical (unpaired) electrons. The van der Waals surface area contributed by atoms with Crippen molar-refractivity contribution in [2.75, 3.05) is 0 Å². The van der Waals surface area contributed by atoms with Crippen LogP contribution in [-0.4, -0.2) is 8.07 Å². The van der Waals surface area contributed by atoms with Gasteiger partial charge in [0.25, 0.3) is 0 Å². The van der Waals surface area contributed by atoms with E-state index in [4.69, 9.17) is 0 Å². The fourth-order valence-corrected chi connectivity index (χ4v) is 10.3. The molecule has 0 fully saturated rings. The molecule has 0 saturated heterocycles. The van der Waals surface area contributed by atoms with Gasteiger partial charge in [0.05, 0.1) is 0 Å². The second-order valence-corrected chi connectivity index (χ2v) is 12.1. The van der Waals surface area contributed by atoms with Crippen molar-refractivity contribution >= 4 is 29.2 Å². The first-order chi connectivity index (χ1) is 15.3. The lowest BCUT2D eigenvalue weighted by atomic mass is 10.1. The van der Waals surface area contributed by atoms with Gasteiger partial charge in [0.2, 0.25) is 0 Å². The predicted molar refractivity (Wildman–Crippen MR) is 136 cm³/mol. The van der Waals surface area contributed by atoms with Gasteiger partial charge in [-0.25, -0.2) is 0 Å². The molecule has 0 nitrogen and oxygen atoms in total. The molecule has 1 aliphatic carbocycles. The third-order valence-electron chi connectivity index (χ3n) is 6.33. The van der Waals surface area contributed by atoms with Crippen LogP contribution in [0.5, 0.6) is 0 Å². The Balaban J connectivity index is 1.92. The Morgan fingerprint density at radius 1 is 0.581 bits per heavy atom. The average Bonchev–Trinajstić information content (AvgIpc) is 3.32. The summed E-state index contributed by atoms with van der Waals surface area (Å²) in [7, 11) is -2.45. The Morgan fingerprint density at radius 2 is 1.13 bits per heavy atom. The number of aryl methyl sites for hydroxylation is 1. The van der Waals surface area contributed by atoms with Gasteiger partial charge in [-0.15, -0.1) is 0 Å². The van der Waals surface area contributed by atoms with E-state index in [2.05, 4.69) is 134 Å². The molecule has 0 saturated carbocycles. The van der Waals surface area contributed by atoms with E-state index >= 15 is 0 Å². The fourth-order valence-electron chi connectivity index (χ4n) is 5.03. The van der Waals surface area contributed by atoms with Crippen LogP contribution in [0.1, 0.15) is 17.5 Å². The number of benzene rings is 4. The summed E-state index contributed by atoms with van der Waals surface area (Å²) in [4.78, 5) is 0. The Kier molecular flexibility index (Phi) is 5.27. The summed E-state index contributed by atoms with van der Waals surface area (Å²) in [5.74, 6) is 0. The van der Waals surface area contributed by atoms with E-state index in [-0.39, 0.29) is 0 Å². The lowest BCUT2D eigenvalue weighted by Crippen LogP contribution is -2.68. The quantitative estimate of drug-likeness (QED) is 0.302.